The molecular weight excluding hydrogens is 635 g/mol. The summed E-state index contributed by atoms with van der Waals surface area (Å²) in [7, 11) is 1.63. The first-order valence-corrected chi connectivity index (χ1v) is 17.6. The van der Waals surface area contributed by atoms with Crippen molar-refractivity contribution in [3.63, 3.8) is 0 Å². The smallest absolute Gasteiger partial charge is 0.407 e. The summed E-state index contributed by atoms with van der Waals surface area (Å²) in [5.41, 5.74) is 2.25. The predicted octanol–water partition coefficient (Wildman–Crippen LogP) is 9.02. The van der Waals surface area contributed by atoms with Gasteiger partial charge in [-0.05, 0) is 110 Å². The topological polar surface area (TPSA) is 86.3 Å². The molecule has 0 aliphatic rings. The molecule has 3 rings (SSSR count). The molecule has 1 atom stereocenters. The van der Waals surface area contributed by atoms with Crippen LogP contribution in [0.1, 0.15) is 96.6 Å². The standard InChI is InChI=1S/C41H57FN2O6/c1-11-15-30-25-35(33-16-12-13-17-36(33)42)37(48-23-14-22-47-10)26-34(30)38(45)44(28(2)3)31(27-43-39(46)50-41(7,8)9)24-29-18-20-32(21-19-29)49-40(4,5)6/h12-13,16-21,25-26,28,31H,11,14-15,22-24,27H2,1-10H3,(H,43,46)/t31-/m1/s1. The Morgan fingerprint density at radius 3 is 2.16 bits per heavy atom. The molecule has 0 saturated heterocycles. The highest BCUT2D eigenvalue weighted by Crippen LogP contribution is 2.36. The first-order chi connectivity index (χ1) is 23.5. The Hall–Kier alpha value is -4.11. The third-order valence-electron chi connectivity index (χ3n) is 7.75. The van der Waals surface area contributed by atoms with Crippen molar-refractivity contribution in [3.8, 4) is 22.6 Å². The molecule has 3 aromatic rings. The molecule has 0 fully saturated rings. The van der Waals surface area contributed by atoms with Crippen LogP contribution in [0.5, 0.6) is 11.5 Å². The average molecular weight is 693 g/mol. The second-order valence-electron chi connectivity index (χ2n) is 14.8. The Kier molecular flexibility index (Phi) is 14.7. The molecule has 0 radical (unpaired) electrons. The second kappa shape index (κ2) is 18.2. The van der Waals surface area contributed by atoms with Crippen LogP contribution in [-0.2, 0) is 22.3 Å². The molecule has 0 unspecified atom stereocenters. The van der Waals surface area contributed by atoms with E-state index in [9.17, 15) is 9.59 Å². The molecule has 2 amide bonds. The SMILES string of the molecule is CCCc1cc(-c2ccccc2F)c(OCCCOC)cc1C(=O)N(C(C)C)[C@@H](CNC(=O)OC(C)(C)C)Cc1ccc(OC(C)(C)C)cc1. The zero-order chi connectivity index (χ0) is 37.1. The summed E-state index contributed by atoms with van der Waals surface area (Å²) >= 11 is 0. The molecule has 8 nitrogen and oxygen atoms in total. The van der Waals surface area contributed by atoms with E-state index in [0.717, 1.165) is 23.3 Å². The normalized spacial score (nSPS) is 12.4. The summed E-state index contributed by atoms with van der Waals surface area (Å²) < 4.78 is 38.2. The summed E-state index contributed by atoms with van der Waals surface area (Å²) in [4.78, 5) is 29.5. The van der Waals surface area contributed by atoms with Gasteiger partial charge in [-0.2, -0.15) is 0 Å². The van der Waals surface area contributed by atoms with E-state index in [1.165, 1.54) is 6.07 Å². The number of ether oxygens (including phenoxy) is 4. The highest BCUT2D eigenvalue weighted by molar-refractivity contribution is 5.98. The molecule has 0 spiro atoms. The van der Waals surface area contributed by atoms with E-state index in [4.69, 9.17) is 18.9 Å². The molecule has 274 valence electrons. The van der Waals surface area contributed by atoms with Gasteiger partial charge < -0.3 is 29.2 Å². The molecule has 0 aromatic heterocycles. The predicted molar refractivity (Wildman–Crippen MR) is 198 cm³/mol. The molecule has 50 heavy (non-hydrogen) atoms. The summed E-state index contributed by atoms with van der Waals surface area (Å²) in [6.07, 6.45) is 1.92. The molecular formula is C41H57FN2O6. The van der Waals surface area contributed by atoms with E-state index in [1.54, 1.807) is 31.4 Å². The average Bonchev–Trinajstić information content (AvgIpc) is 3.02. The minimum Gasteiger partial charge on any atom is -0.493 e. The quantitative estimate of drug-likeness (QED) is 0.151. The lowest BCUT2D eigenvalue weighted by Crippen LogP contribution is -2.51. The molecule has 0 saturated carbocycles. The van der Waals surface area contributed by atoms with Crippen molar-refractivity contribution in [2.24, 2.45) is 0 Å². The minimum atomic E-state index is -0.676. The number of benzene rings is 3. The molecule has 0 aliphatic heterocycles. The number of hydrogen-bond donors (Lipinski definition) is 1. The van der Waals surface area contributed by atoms with Crippen LogP contribution in [0.15, 0.2) is 60.7 Å². The van der Waals surface area contributed by atoms with Crippen LogP contribution >= 0.6 is 0 Å². The lowest BCUT2D eigenvalue weighted by Gasteiger charge is -2.36. The number of amides is 2. The highest BCUT2D eigenvalue weighted by Gasteiger charge is 2.31. The van der Waals surface area contributed by atoms with Gasteiger partial charge in [0.2, 0.25) is 0 Å². The number of hydrogen-bond acceptors (Lipinski definition) is 6. The maximum atomic E-state index is 15.2. The van der Waals surface area contributed by atoms with E-state index in [0.29, 0.717) is 54.9 Å². The summed E-state index contributed by atoms with van der Waals surface area (Å²) in [6.45, 7) is 18.4. The monoisotopic (exact) mass is 692 g/mol. The van der Waals surface area contributed by atoms with Crippen LogP contribution in [0, 0.1) is 5.82 Å². The maximum Gasteiger partial charge on any atom is 0.407 e. The highest BCUT2D eigenvalue weighted by atomic mass is 19.1. The van der Waals surface area contributed by atoms with Crippen molar-refractivity contribution >= 4 is 12.0 Å². The first-order valence-electron chi connectivity index (χ1n) is 17.6. The third-order valence-corrected chi connectivity index (χ3v) is 7.75. The zero-order valence-corrected chi connectivity index (χ0v) is 31.7. The lowest BCUT2D eigenvalue weighted by molar-refractivity contribution is 0.0463. The van der Waals surface area contributed by atoms with Crippen LogP contribution in [-0.4, -0.2) is 67.1 Å². The van der Waals surface area contributed by atoms with Gasteiger partial charge in [0.05, 0.1) is 12.6 Å². The first kappa shape index (κ1) is 40.3. The maximum absolute atomic E-state index is 15.2. The number of rotatable bonds is 16. The Morgan fingerprint density at radius 1 is 0.900 bits per heavy atom. The molecule has 3 aromatic carbocycles. The van der Waals surface area contributed by atoms with Crippen molar-refractivity contribution < 1.29 is 32.9 Å². The molecule has 0 aliphatic carbocycles. The number of alkyl carbamates (subject to hydrolysis) is 1. The second-order valence-corrected chi connectivity index (χ2v) is 14.8. The third kappa shape index (κ3) is 12.3. The fourth-order valence-electron chi connectivity index (χ4n) is 5.76. The summed E-state index contributed by atoms with van der Waals surface area (Å²) in [5.74, 6) is 0.607. The molecule has 0 bridgehead atoms. The number of nitrogens with zero attached hydrogens (tertiary/aromatic N) is 1. The van der Waals surface area contributed by atoms with E-state index in [2.05, 4.69) is 5.32 Å². The van der Waals surface area contributed by atoms with Gasteiger partial charge in [0.25, 0.3) is 5.91 Å². The number of halogens is 1. The fourth-order valence-corrected chi connectivity index (χ4v) is 5.76. The minimum absolute atomic E-state index is 0.163. The van der Waals surface area contributed by atoms with Crippen LogP contribution in [0.3, 0.4) is 0 Å². The molecule has 9 heteroatoms. The van der Waals surface area contributed by atoms with Gasteiger partial charge in [0.15, 0.2) is 0 Å². The van der Waals surface area contributed by atoms with Crippen molar-refractivity contribution in [2.45, 2.75) is 111 Å². The Balaban J connectivity index is 2.10. The Morgan fingerprint density at radius 2 is 1.58 bits per heavy atom. The summed E-state index contributed by atoms with van der Waals surface area (Å²) in [5, 5.41) is 2.91. The number of aryl methyl sites for hydroxylation is 1. The number of methoxy groups -OCH3 is 1. The van der Waals surface area contributed by atoms with Crippen molar-refractivity contribution in [3.05, 3.63) is 83.2 Å². The van der Waals surface area contributed by atoms with E-state index in [-0.39, 0.29) is 29.9 Å². The molecule has 0 heterocycles. The van der Waals surface area contributed by atoms with Crippen LogP contribution in [0.2, 0.25) is 0 Å². The van der Waals surface area contributed by atoms with E-state index < -0.39 is 17.7 Å². The van der Waals surface area contributed by atoms with Gasteiger partial charge in [-0.3, -0.25) is 4.79 Å². The van der Waals surface area contributed by atoms with E-state index in [1.807, 2.05) is 97.5 Å². The van der Waals surface area contributed by atoms with Gasteiger partial charge in [-0.25, -0.2) is 9.18 Å². The fraction of sp³-hybridized carbons (Fsp3) is 0.512. The number of carbonyl (C=O) groups is 2. The van der Waals surface area contributed by atoms with Crippen LogP contribution in [0.4, 0.5) is 9.18 Å². The van der Waals surface area contributed by atoms with Crippen LogP contribution < -0.4 is 14.8 Å². The van der Waals surface area contributed by atoms with Gasteiger partial charge in [0, 0.05) is 49.4 Å². The molecule has 1 N–H and O–H groups in total. The summed E-state index contributed by atoms with van der Waals surface area (Å²) in [6, 6.07) is 17.4. The Labute approximate surface area is 298 Å². The number of carbonyl (C=O) groups excluding carboxylic acids is 2. The van der Waals surface area contributed by atoms with Crippen LogP contribution in [0.25, 0.3) is 11.1 Å². The Bertz CT molecular complexity index is 1540. The largest absolute Gasteiger partial charge is 0.493 e. The van der Waals surface area contributed by atoms with Crippen molar-refractivity contribution in [1.29, 1.82) is 0 Å². The van der Waals surface area contributed by atoms with Crippen molar-refractivity contribution in [1.82, 2.24) is 10.2 Å². The zero-order valence-electron chi connectivity index (χ0n) is 31.7. The van der Waals surface area contributed by atoms with Crippen molar-refractivity contribution in [2.75, 3.05) is 26.9 Å². The van der Waals surface area contributed by atoms with Gasteiger partial charge >= 0.3 is 6.09 Å². The number of nitrogens with one attached hydrogen (secondary N) is 1. The van der Waals surface area contributed by atoms with Gasteiger partial charge in [-0.1, -0.05) is 43.7 Å². The van der Waals surface area contributed by atoms with E-state index >= 15 is 4.39 Å². The van der Waals surface area contributed by atoms with Gasteiger partial charge in [-0.15, -0.1) is 0 Å². The lowest BCUT2D eigenvalue weighted by atomic mass is 9.93. The van der Waals surface area contributed by atoms with Gasteiger partial charge in [0.1, 0.15) is 28.5 Å².